The van der Waals surface area contributed by atoms with E-state index in [2.05, 4.69) is 11.4 Å². The fourth-order valence-corrected chi connectivity index (χ4v) is 2.63. The van der Waals surface area contributed by atoms with E-state index >= 15 is 0 Å². The van der Waals surface area contributed by atoms with Crippen molar-refractivity contribution in [2.75, 3.05) is 0 Å². The molecule has 0 aliphatic carbocycles. The van der Waals surface area contributed by atoms with Crippen LogP contribution in [-0.4, -0.2) is 12.1 Å². The summed E-state index contributed by atoms with van der Waals surface area (Å²) in [5.74, 6) is 1.32. The van der Waals surface area contributed by atoms with Crippen molar-refractivity contribution in [1.29, 1.82) is 0 Å². The van der Waals surface area contributed by atoms with Crippen molar-refractivity contribution in [3.8, 4) is 5.75 Å². The first-order chi connectivity index (χ1) is 7.31. The molecule has 2 aliphatic rings. The molecule has 1 N–H and O–H groups in total. The summed E-state index contributed by atoms with van der Waals surface area (Å²) in [6, 6.07) is 7.98. The van der Waals surface area contributed by atoms with Gasteiger partial charge in [0.1, 0.15) is 5.75 Å². The Hall–Kier alpha value is -1.51. The molecule has 2 aliphatic heterocycles. The number of hydrogen-bond donors (Lipinski definition) is 1. The van der Waals surface area contributed by atoms with Gasteiger partial charge in [-0.05, 0) is 12.5 Å². The van der Waals surface area contributed by atoms with Crippen LogP contribution in [0.1, 0.15) is 24.8 Å². The standard InChI is InChI=1S/C12H13NO2/c1-2-7-10-8-5-3-4-6-9(8)15-12(10)13-11(7)14/h3-7,10,12H,2H2,1H3,(H,13,14)/t7?,10-,12+/m1/s1. The Morgan fingerprint density at radius 1 is 1.40 bits per heavy atom. The van der Waals surface area contributed by atoms with Crippen LogP contribution in [0.2, 0.25) is 0 Å². The molecule has 15 heavy (non-hydrogen) atoms. The van der Waals surface area contributed by atoms with Gasteiger partial charge in [-0.15, -0.1) is 0 Å². The van der Waals surface area contributed by atoms with Gasteiger partial charge in [-0.1, -0.05) is 25.1 Å². The van der Waals surface area contributed by atoms with Gasteiger partial charge in [-0.25, -0.2) is 0 Å². The third kappa shape index (κ3) is 1.09. The van der Waals surface area contributed by atoms with Gasteiger partial charge in [0, 0.05) is 5.56 Å². The van der Waals surface area contributed by atoms with Crippen LogP contribution in [0.15, 0.2) is 24.3 Å². The lowest BCUT2D eigenvalue weighted by molar-refractivity contribution is -0.123. The van der Waals surface area contributed by atoms with Gasteiger partial charge in [-0.3, -0.25) is 4.79 Å². The van der Waals surface area contributed by atoms with E-state index < -0.39 is 0 Å². The lowest BCUT2D eigenvalue weighted by atomic mass is 9.87. The molecule has 1 aromatic carbocycles. The lowest BCUT2D eigenvalue weighted by Crippen LogP contribution is -2.30. The Morgan fingerprint density at radius 2 is 2.20 bits per heavy atom. The highest BCUT2D eigenvalue weighted by atomic mass is 16.5. The molecule has 1 aromatic rings. The second kappa shape index (κ2) is 2.99. The highest BCUT2D eigenvalue weighted by Gasteiger charge is 2.48. The largest absolute Gasteiger partial charge is 0.470 e. The molecule has 1 saturated heterocycles. The Morgan fingerprint density at radius 3 is 3.00 bits per heavy atom. The zero-order valence-corrected chi connectivity index (χ0v) is 8.57. The smallest absolute Gasteiger partial charge is 0.226 e. The number of ether oxygens (including phenoxy) is 1. The first kappa shape index (κ1) is 8.77. The molecule has 78 valence electrons. The number of rotatable bonds is 1. The van der Waals surface area contributed by atoms with Crippen LogP contribution in [0, 0.1) is 5.92 Å². The van der Waals surface area contributed by atoms with Crippen molar-refractivity contribution < 1.29 is 9.53 Å². The maximum atomic E-state index is 11.6. The van der Waals surface area contributed by atoms with Crippen LogP contribution < -0.4 is 10.1 Å². The number of carbonyl (C=O) groups excluding carboxylic acids is 1. The van der Waals surface area contributed by atoms with E-state index in [4.69, 9.17) is 4.74 Å². The molecule has 3 atom stereocenters. The number of amides is 1. The van der Waals surface area contributed by atoms with Crippen LogP contribution in [0.3, 0.4) is 0 Å². The molecular formula is C12H13NO2. The molecule has 3 rings (SSSR count). The van der Waals surface area contributed by atoms with E-state index in [0.29, 0.717) is 0 Å². The Balaban J connectivity index is 2.05. The Labute approximate surface area is 88.4 Å². The van der Waals surface area contributed by atoms with Crippen molar-refractivity contribution in [3.05, 3.63) is 29.8 Å². The number of benzene rings is 1. The zero-order valence-electron chi connectivity index (χ0n) is 8.57. The second-order valence-corrected chi connectivity index (χ2v) is 4.13. The van der Waals surface area contributed by atoms with Crippen LogP contribution in [0.4, 0.5) is 0 Å². The summed E-state index contributed by atoms with van der Waals surface area (Å²) in [6.07, 6.45) is 0.727. The van der Waals surface area contributed by atoms with Crippen molar-refractivity contribution in [2.45, 2.75) is 25.5 Å². The maximum absolute atomic E-state index is 11.6. The predicted molar refractivity (Wildman–Crippen MR) is 55.5 cm³/mol. The molecule has 0 aromatic heterocycles. The monoisotopic (exact) mass is 203 g/mol. The topological polar surface area (TPSA) is 38.3 Å². The molecule has 0 bridgehead atoms. The van der Waals surface area contributed by atoms with Crippen molar-refractivity contribution in [2.24, 2.45) is 5.92 Å². The quantitative estimate of drug-likeness (QED) is 0.753. The van der Waals surface area contributed by atoms with Crippen molar-refractivity contribution in [1.82, 2.24) is 5.32 Å². The molecule has 1 fully saturated rings. The van der Waals surface area contributed by atoms with E-state index in [1.165, 1.54) is 5.56 Å². The number of fused-ring (bicyclic) bond motifs is 3. The first-order valence-corrected chi connectivity index (χ1v) is 5.37. The van der Waals surface area contributed by atoms with Gasteiger partial charge in [0.15, 0.2) is 6.23 Å². The van der Waals surface area contributed by atoms with E-state index in [0.717, 1.165) is 12.2 Å². The van der Waals surface area contributed by atoms with Gasteiger partial charge in [0.25, 0.3) is 0 Å². The average molecular weight is 203 g/mol. The van der Waals surface area contributed by atoms with Crippen LogP contribution in [0.25, 0.3) is 0 Å². The minimum absolute atomic E-state index is 0.0682. The zero-order chi connectivity index (χ0) is 10.4. The average Bonchev–Trinajstić information content (AvgIpc) is 2.72. The van der Waals surface area contributed by atoms with Gasteiger partial charge in [-0.2, -0.15) is 0 Å². The van der Waals surface area contributed by atoms with Crippen molar-refractivity contribution >= 4 is 5.91 Å². The molecule has 3 heteroatoms. The van der Waals surface area contributed by atoms with Gasteiger partial charge >= 0.3 is 0 Å². The third-order valence-electron chi connectivity index (χ3n) is 3.35. The number of carbonyl (C=O) groups is 1. The summed E-state index contributed by atoms with van der Waals surface area (Å²) in [5, 5.41) is 2.90. The van der Waals surface area contributed by atoms with Gasteiger partial charge in [0.05, 0.1) is 11.8 Å². The minimum Gasteiger partial charge on any atom is -0.470 e. The number of hydrogen-bond acceptors (Lipinski definition) is 2. The summed E-state index contributed by atoms with van der Waals surface area (Å²) in [4.78, 5) is 11.6. The number of para-hydroxylation sites is 1. The molecule has 0 radical (unpaired) electrons. The van der Waals surface area contributed by atoms with E-state index in [-0.39, 0.29) is 24.0 Å². The highest BCUT2D eigenvalue weighted by molar-refractivity contribution is 5.83. The maximum Gasteiger partial charge on any atom is 0.226 e. The molecule has 3 nitrogen and oxygen atoms in total. The normalized spacial score (nSPS) is 31.8. The summed E-state index contributed by atoms with van der Waals surface area (Å²) in [6.45, 7) is 2.05. The van der Waals surface area contributed by atoms with Crippen LogP contribution >= 0.6 is 0 Å². The summed E-state index contributed by atoms with van der Waals surface area (Å²) < 4.78 is 5.70. The molecule has 1 amide bonds. The molecule has 2 heterocycles. The van der Waals surface area contributed by atoms with Gasteiger partial charge in [0.2, 0.25) is 5.91 Å². The van der Waals surface area contributed by atoms with Crippen molar-refractivity contribution in [3.63, 3.8) is 0 Å². The summed E-state index contributed by atoms with van der Waals surface area (Å²) >= 11 is 0. The predicted octanol–water partition coefficient (Wildman–Crippen LogP) is 1.64. The first-order valence-electron chi connectivity index (χ1n) is 5.37. The highest BCUT2D eigenvalue weighted by Crippen LogP contribution is 2.45. The van der Waals surface area contributed by atoms with Crippen LogP contribution in [-0.2, 0) is 4.79 Å². The number of nitrogens with one attached hydrogen (secondary N) is 1. The van der Waals surface area contributed by atoms with Crippen LogP contribution in [0.5, 0.6) is 5.75 Å². The fraction of sp³-hybridized carbons (Fsp3) is 0.417. The van der Waals surface area contributed by atoms with Gasteiger partial charge < -0.3 is 10.1 Å². The fourth-order valence-electron chi connectivity index (χ4n) is 2.63. The van der Waals surface area contributed by atoms with E-state index in [1.807, 2.05) is 25.1 Å². The lowest BCUT2D eigenvalue weighted by Gasteiger charge is -2.11. The van der Waals surface area contributed by atoms with E-state index in [9.17, 15) is 4.79 Å². The molecule has 1 unspecified atom stereocenters. The second-order valence-electron chi connectivity index (χ2n) is 4.13. The Kier molecular flexibility index (Phi) is 1.75. The Bertz CT molecular complexity index is 416. The van der Waals surface area contributed by atoms with E-state index in [1.54, 1.807) is 0 Å². The molecule has 0 spiro atoms. The minimum atomic E-state index is -0.139. The SMILES string of the molecule is CCC1C(=O)N[C@H]2Oc3ccccc3[C@@H]12. The third-order valence-corrected chi connectivity index (χ3v) is 3.35. The summed E-state index contributed by atoms with van der Waals surface area (Å²) in [5.41, 5.74) is 1.17. The summed E-state index contributed by atoms with van der Waals surface area (Å²) in [7, 11) is 0. The molecule has 0 saturated carbocycles. The molecular weight excluding hydrogens is 190 g/mol.